The fourth-order valence-electron chi connectivity index (χ4n) is 3.71. The molecule has 35 heavy (non-hydrogen) atoms. The fourth-order valence-corrected chi connectivity index (χ4v) is 4.28. The van der Waals surface area contributed by atoms with Crippen LogP contribution in [0, 0.1) is 0 Å². The van der Waals surface area contributed by atoms with Crippen LogP contribution in [-0.2, 0) is 14.3 Å². The number of benzene rings is 1. The lowest BCUT2D eigenvalue weighted by molar-refractivity contribution is -0.173. The number of halogens is 7. The van der Waals surface area contributed by atoms with Crippen LogP contribution >= 0.6 is 34.8 Å². The summed E-state index contributed by atoms with van der Waals surface area (Å²) in [4.78, 5) is 38.1. The highest BCUT2D eigenvalue weighted by Gasteiger charge is 2.43. The Balaban J connectivity index is 1.59. The summed E-state index contributed by atoms with van der Waals surface area (Å²) in [6, 6.07) is 6.43. The van der Waals surface area contributed by atoms with Gasteiger partial charge >= 0.3 is 18.2 Å². The van der Waals surface area contributed by atoms with Gasteiger partial charge in [0.1, 0.15) is 12.3 Å². The van der Waals surface area contributed by atoms with Gasteiger partial charge in [0.2, 0.25) is 10.2 Å². The maximum atomic E-state index is 14.9. The van der Waals surface area contributed by atoms with Crippen molar-refractivity contribution in [2.75, 3.05) is 42.5 Å². The van der Waals surface area contributed by atoms with Crippen molar-refractivity contribution >= 4 is 64.6 Å². The number of hydrogen-bond donors (Lipinski definition) is 2. The zero-order valence-electron chi connectivity index (χ0n) is 17.8. The van der Waals surface area contributed by atoms with Gasteiger partial charge < -0.3 is 20.3 Å². The van der Waals surface area contributed by atoms with Crippen molar-refractivity contribution in [2.24, 2.45) is 0 Å². The van der Waals surface area contributed by atoms with Gasteiger partial charge in [-0.2, -0.15) is 13.2 Å². The maximum Gasteiger partial charge on any atom is 0.471 e. The number of rotatable bonds is 7. The number of carbonyl (C=O) groups excluding carboxylic acids is 3. The van der Waals surface area contributed by atoms with Gasteiger partial charge in [0, 0.05) is 24.5 Å². The Hall–Kier alpha value is -2.22. The normalized spacial score (nSPS) is 22.5. The first-order valence-corrected chi connectivity index (χ1v) is 11.3. The molecule has 0 saturated carbocycles. The minimum Gasteiger partial charge on any atom is -0.442 e. The van der Waals surface area contributed by atoms with Crippen molar-refractivity contribution in [3.05, 3.63) is 24.3 Å². The van der Waals surface area contributed by atoms with Crippen LogP contribution in [0.3, 0.4) is 0 Å². The van der Waals surface area contributed by atoms with Crippen molar-refractivity contribution in [2.45, 2.75) is 28.5 Å². The molecule has 2 N–H and O–H groups in total. The molecule has 9 nitrogen and oxygen atoms in total. The number of ether oxygens (including phenoxy) is 1. The lowest BCUT2D eigenvalue weighted by Gasteiger charge is -2.44. The molecule has 1 aromatic rings. The van der Waals surface area contributed by atoms with E-state index in [0.717, 1.165) is 0 Å². The van der Waals surface area contributed by atoms with Crippen molar-refractivity contribution in [1.29, 1.82) is 0 Å². The minimum atomic E-state index is -5.03. The Morgan fingerprint density at radius 3 is 2.31 bits per heavy atom. The van der Waals surface area contributed by atoms with Gasteiger partial charge in [-0.05, 0) is 24.3 Å². The average molecular weight is 565 g/mol. The Kier molecular flexibility index (Phi) is 8.45. The van der Waals surface area contributed by atoms with Crippen molar-refractivity contribution < 1.29 is 36.7 Å². The van der Waals surface area contributed by atoms with Crippen LogP contribution in [0.2, 0.25) is 0 Å². The number of amides is 3. The number of piperazine rings is 1. The van der Waals surface area contributed by atoms with Crippen molar-refractivity contribution in [3.8, 4) is 0 Å². The molecule has 2 saturated heterocycles. The van der Waals surface area contributed by atoms with E-state index < -0.39 is 47.1 Å². The van der Waals surface area contributed by atoms with E-state index in [-0.39, 0.29) is 19.6 Å². The first-order chi connectivity index (χ1) is 16.3. The molecule has 2 heterocycles. The molecule has 0 aromatic heterocycles. The Labute approximate surface area is 212 Å². The summed E-state index contributed by atoms with van der Waals surface area (Å²) < 4.78 is 54.9. The van der Waals surface area contributed by atoms with E-state index in [1.54, 1.807) is 34.5 Å². The second-order valence-electron chi connectivity index (χ2n) is 7.69. The molecular weight excluding hydrogens is 545 g/mol. The van der Waals surface area contributed by atoms with E-state index in [0.29, 0.717) is 24.3 Å². The summed E-state index contributed by atoms with van der Waals surface area (Å²) in [6.45, 7) is -0.182. The van der Waals surface area contributed by atoms with Gasteiger partial charge in [-0.3, -0.25) is 14.5 Å². The van der Waals surface area contributed by atoms with Gasteiger partial charge in [0.25, 0.3) is 0 Å². The minimum absolute atomic E-state index is 0.0658. The first kappa shape index (κ1) is 27.4. The zero-order valence-corrected chi connectivity index (χ0v) is 20.0. The first-order valence-electron chi connectivity index (χ1n) is 10.2. The van der Waals surface area contributed by atoms with Crippen LogP contribution in [0.25, 0.3) is 0 Å². The van der Waals surface area contributed by atoms with Crippen molar-refractivity contribution in [3.63, 3.8) is 0 Å². The average Bonchev–Trinajstić information content (AvgIpc) is 3.15. The highest BCUT2D eigenvalue weighted by molar-refractivity contribution is 6.68. The molecule has 1 aromatic carbocycles. The van der Waals surface area contributed by atoms with E-state index in [9.17, 15) is 31.9 Å². The standard InChI is InChI=1S/C19H20Cl3F4N5O4/c20-18(21,22)15(28-10-32)30-6-5-29(9-14(30)23)11-1-3-12(4-2-11)31-8-13(35-17(31)34)7-27-16(33)19(24,25)26/h1-4,10,13-15H,5-9H2,(H,27,33)(H,28,32)/t13?,14-,15?/m1/s1. The van der Waals surface area contributed by atoms with Crippen LogP contribution in [-0.4, -0.2) is 84.6 Å². The lowest BCUT2D eigenvalue weighted by atomic mass is 10.2. The Bertz CT molecular complexity index is 935. The highest BCUT2D eigenvalue weighted by atomic mass is 35.6. The lowest BCUT2D eigenvalue weighted by Crippen LogP contribution is -2.62. The van der Waals surface area contributed by atoms with Crippen molar-refractivity contribution in [1.82, 2.24) is 15.5 Å². The molecule has 0 bridgehead atoms. The summed E-state index contributed by atoms with van der Waals surface area (Å²) in [6.07, 6.45) is -9.18. The Morgan fingerprint density at radius 2 is 1.77 bits per heavy atom. The molecule has 2 fully saturated rings. The summed E-state index contributed by atoms with van der Waals surface area (Å²) >= 11 is 17.6. The summed E-state index contributed by atoms with van der Waals surface area (Å²) in [7, 11) is 0. The third-order valence-corrected chi connectivity index (χ3v) is 6.00. The Morgan fingerprint density at radius 1 is 1.14 bits per heavy atom. The van der Waals surface area contributed by atoms with E-state index in [4.69, 9.17) is 39.5 Å². The van der Waals surface area contributed by atoms with Crippen LogP contribution in [0.1, 0.15) is 0 Å². The zero-order chi connectivity index (χ0) is 26.0. The third kappa shape index (κ3) is 6.72. The quantitative estimate of drug-likeness (QED) is 0.229. The number of nitrogens with zero attached hydrogens (tertiary/aromatic N) is 3. The van der Waals surface area contributed by atoms with Gasteiger partial charge in [-0.25, -0.2) is 14.1 Å². The monoisotopic (exact) mass is 563 g/mol. The smallest absolute Gasteiger partial charge is 0.442 e. The SMILES string of the molecule is O=CNC(N1CCN(c2ccc(N3CC(CNC(=O)C(F)(F)F)OC3=O)cc2)C[C@@H]1F)C(Cl)(Cl)Cl. The van der Waals surface area contributed by atoms with E-state index >= 15 is 0 Å². The van der Waals surface area contributed by atoms with E-state index in [1.807, 2.05) is 0 Å². The number of alkyl halides is 7. The van der Waals surface area contributed by atoms with Gasteiger partial charge in [-0.1, -0.05) is 34.8 Å². The number of anilines is 2. The third-order valence-electron chi connectivity index (χ3n) is 5.37. The van der Waals surface area contributed by atoms with Crippen LogP contribution in [0.4, 0.5) is 33.7 Å². The molecule has 16 heteroatoms. The molecule has 194 valence electrons. The number of carbonyl (C=O) groups is 3. The molecule has 2 unspecified atom stereocenters. The second kappa shape index (κ2) is 10.8. The topological polar surface area (TPSA) is 94.2 Å². The second-order valence-corrected chi connectivity index (χ2v) is 10.1. The summed E-state index contributed by atoms with van der Waals surface area (Å²) in [5.41, 5.74) is 1.04. The summed E-state index contributed by atoms with van der Waals surface area (Å²) in [5, 5.41) is 3.99. The van der Waals surface area contributed by atoms with Gasteiger partial charge in [0.15, 0.2) is 6.30 Å². The molecule has 2 aliphatic rings. The molecule has 3 amide bonds. The maximum absolute atomic E-state index is 14.9. The van der Waals surface area contributed by atoms with Crippen LogP contribution in [0.5, 0.6) is 0 Å². The molecular formula is C19H20Cl3F4N5O4. The van der Waals surface area contributed by atoms with Gasteiger partial charge in [0.05, 0.1) is 19.6 Å². The highest BCUT2D eigenvalue weighted by Crippen LogP contribution is 2.34. The van der Waals surface area contributed by atoms with Gasteiger partial charge in [-0.15, -0.1) is 0 Å². The predicted octanol–water partition coefficient (Wildman–Crippen LogP) is 2.55. The predicted molar refractivity (Wildman–Crippen MR) is 120 cm³/mol. The molecule has 0 spiro atoms. The van der Waals surface area contributed by atoms with E-state index in [1.165, 1.54) is 9.80 Å². The number of cyclic esters (lactones) is 1. The number of hydrogen-bond acceptors (Lipinski definition) is 6. The molecule has 3 rings (SSSR count). The van der Waals surface area contributed by atoms with E-state index in [2.05, 4.69) is 5.32 Å². The largest absolute Gasteiger partial charge is 0.471 e. The van der Waals surface area contributed by atoms with Crippen LogP contribution < -0.4 is 20.4 Å². The van der Waals surface area contributed by atoms with Crippen LogP contribution in [0.15, 0.2) is 24.3 Å². The summed E-state index contributed by atoms with van der Waals surface area (Å²) in [5.74, 6) is -2.12. The number of nitrogens with one attached hydrogen (secondary N) is 2. The molecule has 3 atom stereocenters. The molecule has 0 aliphatic carbocycles. The molecule has 0 radical (unpaired) electrons. The fraction of sp³-hybridized carbons (Fsp3) is 0.526. The molecule has 2 aliphatic heterocycles.